The van der Waals surface area contributed by atoms with Crippen LogP contribution in [0.15, 0.2) is 28.7 Å². The van der Waals surface area contributed by atoms with Crippen LogP contribution in [0, 0.1) is 19.7 Å². The third-order valence-corrected chi connectivity index (χ3v) is 3.69. The molecule has 0 amide bonds. The largest absolute Gasteiger partial charge is 0.264 e. The van der Waals surface area contributed by atoms with Crippen molar-refractivity contribution in [2.45, 2.75) is 20.4 Å². The van der Waals surface area contributed by atoms with Crippen LogP contribution in [-0.2, 0) is 6.54 Å². The predicted molar refractivity (Wildman–Crippen MR) is 64.9 cm³/mol. The first-order valence-electron chi connectivity index (χ1n) is 5.02. The average molecular weight is 283 g/mol. The molecule has 0 bridgehead atoms. The van der Waals surface area contributed by atoms with Gasteiger partial charge >= 0.3 is 0 Å². The lowest BCUT2D eigenvalue weighted by Crippen LogP contribution is -2.03. The molecule has 0 fully saturated rings. The Morgan fingerprint density at radius 1 is 1.25 bits per heavy atom. The van der Waals surface area contributed by atoms with Crippen LogP contribution in [0.3, 0.4) is 0 Å². The number of hydrogen-bond donors (Lipinski definition) is 0. The minimum absolute atomic E-state index is 0.210. The Morgan fingerprint density at radius 2 is 1.88 bits per heavy atom. The van der Waals surface area contributed by atoms with Crippen molar-refractivity contribution in [1.82, 2.24) is 9.78 Å². The zero-order chi connectivity index (χ0) is 11.7. The van der Waals surface area contributed by atoms with Crippen molar-refractivity contribution < 1.29 is 4.39 Å². The lowest BCUT2D eigenvalue weighted by atomic mass is 10.2. The molecule has 1 aromatic carbocycles. The Bertz CT molecular complexity index is 502. The second-order valence-corrected chi connectivity index (χ2v) is 4.56. The lowest BCUT2D eigenvalue weighted by Gasteiger charge is -2.04. The molecule has 84 valence electrons. The van der Waals surface area contributed by atoms with Crippen LogP contribution in [0.25, 0.3) is 0 Å². The quantitative estimate of drug-likeness (QED) is 0.825. The maximum absolute atomic E-state index is 12.7. The van der Waals surface area contributed by atoms with Crippen molar-refractivity contribution in [2.75, 3.05) is 0 Å². The van der Waals surface area contributed by atoms with E-state index >= 15 is 0 Å². The molecule has 1 heterocycles. The normalized spacial score (nSPS) is 10.8. The van der Waals surface area contributed by atoms with Gasteiger partial charge in [-0.05, 0) is 47.5 Å². The van der Waals surface area contributed by atoms with Gasteiger partial charge in [0, 0.05) is 0 Å². The van der Waals surface area contributed by atoms with Gasteiger partial charge in [0.25, 0.3) is 0 Å². The molecule has 0 saturated carbocycles. The van der Waals surface area contributed by atoms with Crippen LogP contribution in [0.2, 0.25) is 0 Å². The summed E-state index contributed by atoms with van der Waals surface area (Å²) in [6.07, 6.45) is 0. The summed E-state index contributed by atoms with van der Waals surface area (Å²) < 4.78 is 15.7. The zero-order valence-electron chi connectivity index (χ0n) is 9.17. The van der Waals surface area contributed by atoms with E-state index in [0.717, 1.165) is 21.4 Å². The molecular weight excluding hydrogens is 271 g/mol. The summed E-state index contributed by atoms with van der Waals surface area (Å²) in [6.45, 7) is 4.63. The highest BCUT2D eigenvalue weighted by atomic mass is 79.9. The van der Waals surface area contributed by atoms with Crippen LogP contribution in [-0.4, -0.2) is 9.78 Å². The Morgan fingerprint density at radius 3 is 2.38 bits per heavy atom. The van der Waals surface area contributed by atoms with E-state index in [9.17, 15) is 4.39 Å². The van der Waals surface area contributed by atoms with E-state index in [0.29, 0.717) is 6.54 Å². The molecule has 0 unspecified atom stereocenters. The van der Waals surface area contributed by atoms with Crippen LogP contribution in [0.4, 0.5) is 4.39 Å². The van der Waals surface area contributed by atoms with E-state index < -0.39 is 0 Å². The van der Waals surface area contributed by atoms with Gasteiger partial charge in [-0.15, -0.1) is 0 Å². The first kappa shape index (κ1) is 11.3. The van der Waals surface area contributed by atoms with Gasteiger partial charge in [-0.25, -0.2) is 4.39 Å². The SMILES string of the molecule is Cc1nn(Cc2ccc(F)cc2)c(C)c1Br. The predicted octanol–water partition coefficient (Wildman–Crippen LogP) is 3.45. The minimum atomic E-state index is -0.210. The number of benzene rings is 1. The summed E-state index contributed by atoms with van der Waals surface area (Å²) in [4.78, 5) is 0. The van der Waals surface area contributed by atoms with Crippen molar-refractivity contribution in [3.63, 3.8) is 0 Å². The Hall–Kier alpha value is -1.16. The van der Waals surface area contributed by atoms with Gasteiger partial charge in [0.05, 0.1) is 22.4 Å². The second-order valence-electron chi connectivity index (χ2n) is 3.77. The molecule has 2 rings (SSSR count). The Balaban J connectivity index is 2.27. The highest BCUT2D eigenvalue weighted by Gasteiger charge is 2.08. The van der Waals surface area contributed by atoms with E-state index in [1.807, 2.05) is 18.5 Å². The summed E-state index contributed by atoms with van der Waals surface area (Å²) in [5.74, 6) is -0.210. The third-order valence-electron chi connectivity index (χ3n) is 2.54. The monoisotopic (exact) mass is 282 g/mol. The van der Waals surface area contributed by atoms with Crippen LogP contribution in [0.5, 0.6) is 0 Å². The van der Waals surface area contributed by atoms with Gasteiger partial charge in [-0.1, -0.05) is 12.1 Å². The molecule has 0 radical (unpaired) electrons. The molecule has 0 saturated heterocycles. The molecule has 2 aromatic rings. The van der Waals surface area contributed by atoms with Gasteiger partial charge in [0.15, 0.2) is 0 Å². The molecule has 0 spiro atoms. The third kappa shape index (κ3) is 2.16. The van der Waals surface area contributed by atoms with Crippen molar-refractivity contribution in [3.8, 4) is 0 Å². The highest BCUT2D eigenvalue weighted by molar-refractivity contribution is 9.10. The first-order chi connectivity index (χ1) is 7.58. The minimum Gasteiger partial charge on any atom is -0.264 e. The molecule has 1 aromatic heterocycles. The average Bonchev–Trinajstić information content (AvgIpc) is 2.50. The van der Waals surface area contributed by atoms with Gasteiger partial charge < -0.3 is 0 Å². The molecule has 0 aliphatic rings. The molecule has 0 aliphatic carbocycles. The summed E-state index contributed by atoms with van der Waals surface area (Å²) in [5, 5.41) is 4.40. The van der Waals surface area contributed by atoms with E-state index in [1.165, 1.54) is 12.1 Å². The number of nitrogens with zero attached hydrogens (tertiary/aromatic N) is 2. The number of aryl methyl sites for hydroxylation is 1. The molecule has 16 heavy (non-hydrogen) atoms. The molecule has 0 N–H and O–H groups in total. The first-order valence-corrected chi connectivity index (χ1v) is 5.81. The van der Waals surface area contributed by atoms with Crippen molar-refractivity contribution in [2.24, 2.45) is 0 Å². The number of halogens is 2. The van der Waals surface area contributed by atoms with Crippen molar-refractivity contribution in [1.29, 1.82) is 0 Å². The zero-order valence-corrected chi connectivity index (χ0v) is 10.8. The fraction of sp³-hybridized carbons (Fsp3) is 0.250. The van der Waals surface area contributed by atoms with Crippen molar-refractivity contribution >= 4 is 15.9 Å². The molecule has 4 heteroatoms. The molecular formula is C12H12BrFN2. The van der Waals surface area contributed by atoms with E-state index in [4.69, 9.17) is 0 Å². The van der Waals surface area contributed by atoms with Gasteiger partial charge in [0.2, 0.25) is 0 Å². The Kier molecular flexibility index (Phi) is 3.10. The summed E-state index contributed by atoms with van der Waals surface area (Å²) in [7, 11) is 0. The standard InChI is InChI=1S/C12H12BrFN2/c1-8-12(13)9(2)16(15-8)7-10-3-5-11(14)6-4-10/h3-6H,7H2,1-2H3. The highest BCUT2D eigenvalue weighted by Crippen LogP contribution is 2.20. The maximum atomic E-state index is 12.7. The summed E-state index contributed by atoms with van der Waals surface area (Å²) >= 11 is 3.48. The maximum Gasteiger partial charge on any atom is 0.123 e. The fourth-order valence-corrected chi connectivity index (χ4v) is 1.88. The van der Waals surface area contributed by atoms with Gasteiger partial charge in [-0.3, -0.25) is 4.68 Å². The van der Waals surface area contributed by atoms with Crippen LogP contribution >= 0.6 is 15.9 Å². The summed E-state index contributed by atoms with van der Waals surface area (Å²) in [5.41, 5.74) is 3.10. The number of aromatic nitrogens is 2. The second kappa shape index (κ2) is 4.37. The topological polar surface area (TPSA) is 17.8 Å². The molecule has 0 aliphatic heterocycles. The summed E-state index contributed by atoms with van der Waals surface area (Å²) in [6, 6.07) is 6.49. The lowest BCUT2D eigenvalue weighted by molar-refractivity contribution is 0.622. The number of rotatable bonds is 2. The van der Waals surface area contributed by atoms with Crippen LogP contribution in [0.1, 0.15) is 17.0 Å². The van der Waals surface area contributed by atoms with E-state index in [2.05, 4.69) is 21.0 Å². The van der Waals surface area contributed by atoms with Crippen LogP contribution < -0.4 is 0 Å². The van der Waals surface area contributed by atoms with Crippen molar-refractivity contribution in [3.05, 3.63) is 51.5 Å². The van der Waals surface area contributed by atoms with Gasteiger partial charge in [0.1, 0.15) is 5.82 Å². The van der Waals surface area contributed by atoms with E-state index in [-0.39, 0.29) is 5.82 Å². The molecule has 2 nitrogen and oxygen atoms in total. The fourth-order valence-electron chi connectivity index (χ4n) is 1.59. The van der Waals surface area contributed by atoms with Gasteiger partial charge in [-0.2, -0.15) is 5.10 Å². The smallest absolute Gasteiger partial charge is 0.123 e. The van der Waals surface area contributed by atoms with E-state index in [1.54, 1.807) is 12.1 Å². The molecule has 0 atom stereocenters. The Labute approximate surface area is 102 Å². The number of hydrogen-bond acceptors (Lipinski definition) is 1.